The summed E-state index contributed by atoms with van der Waals surface area (Å²) in [5.74, 6) is 0.353. The number of rotatable bonds is 2. The first kappa shape index (κ1) is 11.3. The summed E-state index contributed by atoms with van der Waals surface area (Å²) in [4.78, 5) is 23.0. The summed E-state index contributed by atoms with van der Waals surface area (Å²) < 4.78 is 10.3. The van der Waals surface area contributed by atoms with Crippen LogP contribution in [0.25, 0.3) is 0 Å². The molecule has 0 aromatic carbocycles. The third-order valence-electron chi connectivity index (χ3n) is 3.69. The molecule has 4 nitrogen and oxygen atoms in total. The molecule has 2 aliphatic carbocycles. The number of fused-ring (bicyclic) bond motifs is 1. The maximum Gasteiger partial charge on any atom is 0.336 e. The molecule has 0 bridgehead atoms. The van der Waals surface area contributed by atoms with E-state index in [1.807, 2.05) is 0 Å². The second-order valence-corrected chi connectivity index (χ2v) is 4.89. The Morgan fingerprint density at radius 3 is 3.00 bits per heavy atom. The number of cyclic esters (lactones) is 1. The molecule has 0 unspecified atom stereocenters. The lowest BCUT2D eigenvalue weighted by molar-refractivity contribution is -0.152. The zero-order valence-electron chi connectivity index (χ0n) is 10.1. The highest BCUT2D eigenvalue weighted by atomic mass is 16.7. The van der Waals surface area contributed by atoms with Crippen LogP contribution in [0.3, 0.4) is 0 Å². The van der Waals surface area contributed by atoms with E-state index in [0.717, 1.165) is 12.0 Å². The van der Waals surface area contributed by atoms with Crippen molar-refractivity contribution in [2.24, 2.45) is 11.8 Å². The van der Waals surface area contributed by atoms with E-state index in [-0.39, 0.29) is 17.7 Å². The van der Waals surface area contributed by atoms with Crippen LogP contribution in [-0.2, 0) is 19.1 Å². The normalized spacial score (nSPS) is 35.9. The maximum atomic E-state index is 11.8. The molecule has 3 rings (SSSR count). The van der Waals surface area contributed by atoms with Crippen molar-refractivity contribution in [2.45, 2.75) is 26.1 Å². The van der Waals surface area contributed by atoms with Gasteiger partial charge in [0.1, 0.15) is 0 Å². The van der Waals surface area contributed by atoms with Crippen LogP contribution < -0.4 is 0 Å². The van der Waals surface area contributed by atoms with Gasteiger partial charge in [-0.05, 0) is 19.3 Å². The van der Waals surface area contributed by atoms with E-state index in [4.69, 9.17) is 9.47 Å². The Hall–Kier alpha value is -1.84. The first-order valence-electron chi connectivity index (χ1n) is 6.10. The van der Waals surface area contributed by atoms with Gasteiger partial charge >= 0.3 is 5.97 Å². The molecule has 0 N–H and O–H groups in total. The Morgan fingerprint density at radius 1 is 1.44 bits per heavy atom. The predicted molar refractivity (Wildman–Crippen MR) is 63.2 cm³/mol. The van der Waals surface area contributed by atoms with Gasteiger partial charge in [-0.15, -0.1) is 0 Å². The third-order valence-corrected chi connectivity index (χ3v) is 3.69. The fraction of sp³-hybridized carbons (Fsp3) is 0.429. The van der Waals surface area contributed by atoms with Gasteiger partial charge in [-0.25, -0.2) is 4.79 Å². The predicted octanol–water partition coefficient (Wildman–Crippen LogP) is 1.88. The molecule has 1 saturated carbocycles. The number of allylic oxidation sites excluding steroid dienone is 3. The number of Topliss-reactive ketones (excluding diaryl/α,β-unsaturated/α-hetero) is 1. The summed E-state index contributed by atoms with van der Waals surface area (Å²) in [7, 11) is 0. The number of carbonyl (C=O) groups excluding carboxylic acids is 2. The zero-order valence-corrected chi connectivity index (χ0v) is 10.1. The molecule has 0 saturated heterocycles. The average Bonchev–Trinajstić information content (AvgIpc) is 2.94. The molecule has 4 heteroatoms. The fourth-order valence-corrected chi connectivity index (χ4v) is 2.68. The number of hydrogen-bond acceptors (Lipinski definition) is 4. The monoisotopic (exact) mass is 246 g/mol. The number of ether oxygens (including phenoxy) is 2. The summed E-state index contributed by atoms with van der Waals surface area (Å²) in [6.07, 6.45) is 8.07. The second kappa shape index (κ2) is 4.12. The molecule has 94 valence electrons. The van der Waals surface area contributed by atoms with E-state index in [9.17, 15) is 9.59 Å². The molecule has 0 spiro atoms. The van der Waals surface area contributed by atoms with Gasteiger partial charge in [-0.1, -0.05) is 12.2 Å². The number of carbonyl (C=O) groups is 2. The Morgan fingerprint density at radius 2 is 2.28 bits per heavy atom. The number of hydrogen-bond donors (Lipinski definition) is 0. The summed E-state index contributed by atoms with van der Waals surface area (Å²) in [5, 5.41) is 0. The van der Waals surface area contributed by atoms with Crippen molar-refractivity contribution in [1.82, 2.24) is 0 Å². The minimum absolute atomic E-state index is 0.138. The lowest BCUT2D eigenvalue weighted by Gasteiger charge is -2.11. The van der Waals surface area contributed by atoms with E-state index >= 15 is 0 Å². The molecule has 0 radical (unpaired) electrons. The molecule has 3 atom stereocenters. The van der Waals surface area contributed by atoms with Crippen molar-refractivity contribution in [3.05, 3.63) is 35.6 Å². The van der Waals surface area contributed by atoms with Crippen molar-refractivity contribution in [3.63, 3.8) is 0 Å². The van der Waals surface area contributed by atoms with E-state index in [1.165, 1.54) is 6.26 Å². The van der Waals surface area contributed by atoms with Gasteiger partial charge in [0.25, 0.3) is 6.29 Å². The molecule has 1 fully saturated rings. The van der Waals surface area contributed by atoms with Gasteiger partial charge in [0.05, 0.1) is 6.26 Å². The smallest absolute Gasteiger partial charge is 0.336 e. The van der Waals surface area contributed by atoms with Crippen LogP contribution in [-0.4, -0.2) is 18.0 Å². The molecule has 18 heavy (non-hydrogen) atoms. The molecule has 1 heterocycles. The first-order chi connectivity index (χ1) is 8.65. The molecular weight excluding hydrogens is 232 g/mol. The molecule has 0 aromatic heterocycles. The van der Waals surface area contributed by atoms with Crippen molar-refractivity contribution in [3.8, 4) is 0 Å². The van der Waals surface area contributed by atoms with Crippen LogP contribution in [0.1, 0.15) is 19.8 Å². The summed E-state index contributed by atoms with van der Waals surface area (Å²) >= 11 is 0. The van der Waals surface area contributed by atoms with Gasteiger partial charge in [0, 0.05) is 29.6 Å². The van der Waals surface area contributed by atoms with Gasteiger partial charge < -0.3 is 9.47 Å². The van der Waals surface area contributed by atoms with E-state index in [2.05, 4.69) is 12.2 Å². The van der Waals surface area contributed by atoms with E-state index < -0.39 is 6.29 Å². The SMILES string of the molecule is CC1=C[C@H](O/C=C2/C(=O)C[C@@H]3C=CC[C@H]23)OC1=O. The number of esters is 1. The lowest BCUT2D eigenvalue weighted by Crippen LogP contribution is -2.11. The van der Waals surface area contributed by atoms with Crippen molar-refractivity contribution < 1.29 is 19.1 Å². The highest BCUT2D eigenvalue weighted by Gasteiger charge is 2.38. The largest absolute Gasteiger partial charge is 0.458 e. The highest BCUT2D eigenvalue weighted by Crippen LogP contribution is 2.41. The minimum Gasteiger partial charge on any atom is -0.458 e. The Kier molecular flexibility index (Phi) is 2.58. The molecule has 1 aliphatic heterocycles. The van der Waals surface area contributed by atoms with Crippen LogP contribution >= 0.6 is 0 Å². The summed E-state index contributed by atoms with van der Waals surface area (Å²) in [6.45, 7) is 1.68. The third kappa shape index (κ3) is 1.78. The number of ketones is 1. The van der Waals surface area contributed by atoms with Gasteiger partial charge in [0.2, 0.25) is 0 Å². The van der Waals surface area contributed by atoms with Crippen molar-refractivity contribution in [1.29, 1.82) is 0 Å². The Bertz CT molecular complexity index is 498. The molecule has 3 aliphatic rings. The summed E-state index contributed by atoms with van der Waals surface area (Å²) in [5.41, 5.74) is 1.26. The van der Waals surface area contributed by atoms with Crippen molar-refractivity contribution >= 4 is 11.8 Å². The average molecular weight is 246 g/mol. The quantitative estimate of drug-likeness (QED) is 0.323. The van der Waals surface area contributed by atoms with Gasteiger partial charge in [-0.2, -0.15) is 0 Å². The Balaban J connectivity index is 1.70. The molecular formula is C14H14O4. The minimum atomic E-state index is -0.689. The highest BCUT2D eigenvalue weighted by molar-refractivity contribution is 5.98. The van der Waals surface area contributed by atoms with Crippen LogP contribution in [0, 0.1) is 11.8 Å². The van der Waals surface area contributed by atoms with Gasteiger partial charge in [-0.3, -0.25) is 4.79 Å². The Labute approximate surface area is 105 Å². The van der Waals surface area contributed by atoms with E-state index in [1.54, 1.807) is 13.0 Å². The second-order valence-electron chi connectivity index (χ2n) is 4.89. The van der Waals surface area contributed by atoms with Crippen molar-refractivity contribution in [2.75, 3.05) is 0 Å². The lowest BCUT2D eigenvalue weighted by atomic mass is 9.97. The van der Waals surface area contributed by atoms with Gasteiger partial charge in [0.15, 0.2) is 5.78 Å². The summed E-state index contributed by atoms with van der Waals surface area (Å²) in [6, 6.07) is 0. The van der Waals surface area contributed by atoms with Crippen LogP contribution in [0.4, 0.5) is 0 Å². The maximum absolute atomic E-state index is 11.8. The molecule has 0 aromatic rings. The topological polar surface area (TPSA) is 52.6 Å². The van der Waals surface area contributed by atoms with Crippen LogP contribution in [0.15, 0.2) is 35.6 Å². The van der Waals surface area contributed by atoms with Crippen LogP contribution in [0.2, 0.25) is 0 Å². The zero-order chi connectivity index (χ0) is 12.7. The standard InChI is InChI=1S/C14H14O4/c1-8-5-13(18-14(8)16)17-7-11-10-4-2-3-9(10)6-12(11)15/h2-3,5,7,9-10,13H,4,6H2,1H3/b11-7+/t9-,10-,13+/m0/s1. The van der Waals surface area contributed by atoms with Crippen LogP contribution in [0.5, 0.6) is 0 Å². The van der Waals surface area contributed by atoms with E-state index in [0.29, 0.717) is 17.9 Å². The fourth-order valence-electron chi connectivity index (χ4n) is 2.68. The molecule has 0 amide bonds. The first-order valence-corrected chi connectivity index (χ1v) is 6.10.